The molecule has 2 atom stereocenters. The zero-order valence-corrected chi connectivity index (χ0v) is 24.7. The van der Waals surface area contributed by atoms with E-state index in [2.05, 4.69) is 5.32 Å². The second-order valence-corrected chi connectivity index (χ2v) is 10.6. The molecule has 226 valence electrons. The Bertz CT molecular complexity index is 978. The molecule has 11 nitrogen and oxygen atoms in total. The van der Waals surface area contributed by atoms with Gasteiger partial charge in [-0.3, -0.25) is 10.1 Å². The summed E-state index contributed by atoms with van der Waals surface area (Å²) in [6.07, 6.45) is 0.589. The lowest BCUT2D eigenvalue weighted by molar-refractivity contribution is -0.184. The van der Waals surface area contributed by atoms with Crippen LogP contribution < -0.4 is 14.8 Å². The lowest BCUT2D eigenvalue weighted by atomic mass is 10.00. The van der Waals surface area contributed by atoms with Gasteiger partial charge in [0.25, 0.3) is 5.72 Å². The second-order valence-electron chi connectivity index (χ2n) is 10.6. The predicted octanol–water partition coefficient (Wildman–Crippen LogP) is 5.86. The fourth-order valence-corrected chi connectivity index (χ4v) is 3.38. The SMILES string of the molecule is CCCCCC(=O)O[C@](Cc1ccc(OC(=O)OCC(C)C)c(OC(=O)OCC(C)C)c1)(NC(C)CC)C(=O)O. The summed E-state index contributed by atoms with van der Waals surface area (Å²) in [5.41, 5.74) is -1.76. The number of unbranched alkanes of at least 4 members (excludes halogenated alkanes) is 2. The van der Waals surface area contributed by atoms with Crippen LogP contribution in [-0.4, -0.2) is 54.3 Å². The van der Waals surface area contributed by atoms with E-state index < -0.39 is 30.0 Å². The number of hydrogen-bond acceptors (Lipinski definition) is 10. The molecule has 0 saturated heterocycles. The Kier molecular flexibility index (Phi) is 15.1. The number of hydrogen-bond donors (Lipinski definition) is 2. The van der Waals surface area contributed by atoms with Crippen LogP contribution in [0.2, 0.25) is 0 Å². The van der Waals surface area contributed by atoms with Crippen LogP contribution in [0.3, 0.4) is 0 Å². The molecule has 0 saturated carbocycles. The Morgan fingerprint density at radius 3 is 1.95 bits per heavy atom. The maximum atomic E-state index is 12.6. The normalized spacial score (nSPS) is 13.3. The van der Waals surface area contributed by atoms with E-state index in [0.717, 1.165) is 12.8 Å². The number of esters is 1. The zero-order valence-electron chi connectivity index (χ0n) is 24.7. The largest absolute Gasteiger partial charge is 0.513 e. The maximum absolute atomic E-state index is 12.6. The summed E-state index contributed by atoms with van der Waals surface area (Å²) in [6.45, 7) is 13.3. The van der Waals surface area contributed by atoms with Gasteiger partial charge in [-0.1, -0.05) is 60.5 Å². The van der Waals surface area contributed by atoms with E-state index in [1.807, 2.05) is 41.5 Å². The van der Waals surface area contributed by atoms with Crippen molar-refractivity contribution in [3.8, 4) is 11.5 Å². The molecular weight excluding hydrogens is 522 g/mol. The summed E-state index contributed by atoms with van der Waals surface area (Å²) in [5, 5.41) is 13.2. The molecule has 1 aromatic carbocycles. The van der Waals surface area contributed by atoms with Gasteiger partial charge in [-0.15, -0.1) is 0 Å². The minimum Gasteiger partial charge on any atom is -0.477 e. The molecule has 0 aromatic heterocycles. The number of aliphatic carboxylic acids is 1. The lowest BCUT2D eigenvalue weighted by Crippen LogP contribution is -2.59. The standard InChI is InChI=1S/C29H45NO10/c1-8-10-11-12-25(31)40-29(26(32)33,30-21(7)9-2)16-22-13-14-23(38-27(34)36-17-19(3)4)24(15-22)39-28(35)37-18-20(5)6/h13-15,19-21,30H,8-12,16-18H2,1-7H3,(H,32,33)/t21?,29-/m0/s1. The third kappa shape index (κ3) is 12.7. The first-order valence-corrected chi connectivity index (χ1v) is 13.9. The van der Waals surface area contributed by atoms with E-state index in [1.165, 1.54) is 18.2 Å². The van der Waals surface area contributed by atoms with Crippen molar-refractivity contribution < 1.29 is 48.0 Å². The average molecular weight is 568 g/mol. The summed E-state index contributed by atoms with van der Waals surface area (Å²) in [6, 6.07) is 3.86. The van der Waals surface area contributed by atoms with E-state index in [0.29, 0.717) is 18.4 Å². The summed E-state index contributed by atoms with van der Waals surface area (Å²) in [5.74, 6) is -2.23. The number of ether oxygens (including phenoxy) is 5. The maximum Gasteiger partial charge on any atom is 0.513 e. The van der Waals surface area contributed by atoms with Gasteiger partial charge in [0.15, 0.2) is 11.5 Å². The quantitative estimate of drug-likeness (QED) is 0.0766. The number of carboxylic acids is 1. The first-order valence-electron chi connectivity index (χ1n) is 13.9. The molecule has 1 rings (SSSR count). The highest BCUT2D eigenvalue weighted by Crippen LogP contribution is 2.31. The molecule has 0 amide bonds. The Labute approximate surface area is 236 Å². The Morgan fingerprint density at radius 1 is 0.875 bits per heavy atom. The van der Waals surface area contributed by atoms with Crippen LogP contribution in [0.4, 0.5) is 9.59 Å². The van der Waals surface area contributed by atoms with Gasteiger partial charge in [-0.2, -0.15) is 0 Å². The number of rotatable bonds is 17. The number of carboxylic acid groups (broad SMARTS) is 1. The van der Waals surface area contributed by atoms with Gasteiger partial charge in [0.05, 0.1) is 13.2 Å². The highest BCUT2D eigenvalue weighted by molar-refractivity contribution is 5.82. The van der Waals surface area contributed by atoms with E-state index in [-0.39, 0.29) is 55.4 Å². The number of nitrogens with one attached hydrogen (secondary N) is 1. The Balaban J connectivity index is 3.37. The molecule has 0 radical (unpaired) electrons. The average Bonchev–Trinajstić information content (AvgIpc) is 2.87. The molecule has 0 aliphatic heterocycles. The van der Waals surface area contributed by atoms with Crippen molar-refractivity contribution in [2.75, 3.05) is 13.2 Å². The van der Waals surface area contributed by atoms with Gasteiger partial charge in [0.2, 0.25) is 0 Å². The van der Waals surface area contributed by atoms with Crippen molar-refractivity contribution >= 4 is 24.2 Å². The molecular formula is C29H45NO10. The molecule has 0 heterocycles. The van der Waals surface area contributed by atoms with Crippen molar-refractivity contribution in [1.82, 2.24) is 5.32 Å². The van der Waals surface area contributed by atoms with Gasteiger partial charge >= 0.3 is 24.2 Å². The third-order valence-corrected chi connectivity index (χ3v) is 5.63. The van der Waals surface area contributed by atoms with Gasteiger partial charge in [0.1, 0.15) is 0 Å². The van der Waals surface area contributed by atoms with Crippen LogP contribution in [0.5, 0.6) is 11.5 Å². The monoisotopic (exact) mass is 567 g/mol. The molecule has 0 aliphatic carbocycles. The van der Waals surface area contributed by atoms with E-state index in [9.17, 15) is 24.3 Å². The van der Waals surface area contributed by atoms with Gasteiger partial charge in [-0.25, -0.2) is 14.4 Å². The zero-order chi connectivity index (χ0) is 30.3. The van der Waals surface area contributed by atoms with Crippen molar-refractivity contribution in [3.63, 3.8) is 0 Å². The summed E-state index contributed by atoms with van der Waals surface area (Å²) in [7, 11) is 0. The molecule has 1 aromatic rings. The van der Waals surface area contributed by atoms with Gasteiger partial charge in [-0.05, 0) is 49.3 Å². The topological polar surface area (TPSA) is 147 Å². The van der Waals surface area contributed by atoms with E-state index in [4.69, 9.17) is 23.7 Å². The van der Waals surface area contributed by atoms with Crippen LogP contribution in [-0.2, 0) is 30.2 Å². The molecule has 1 unspecified atom stereocenters. The summed E-state index contributed by atoms with van der Waals surface area (Å²) in [4.78, 5) is 49.7. The molecule has 2 N–H and O–H groups in total. The van der Waals surface area contributed by atoms with Crippen molar-refractivity contribution in [3.05, 3.63) is 23.8 Å². The molecule has 11 heteroatoms. The van der Waals surface area contributed by atoms with Crippen molar-refractivity contribution in [2.45, 2.75) is 98.8 Å². The third-order valence-electron chi connectivity index (χ3n) is 5.63. The highest BCUT2D eigenvalue weighted by Gasteiger charge is 2.44. The van der Waals surface area contributed by atoms with Crippen LogP contribution in [0.25, 0.3) is 0 Å². The van der Waals surface area contributed by atoms with Gasteiger partial charge < -0.3 is 28.8 Å². The molecule has 40 heavy (non-hydrogen) atoms. The second kappa shape index (κ2) is 17.4. The highest BCUT2D eigenvalue weighted by atomic mass is 16.7. The Morgan fingerprint density at radius 2 is 1.45 bits per heavy atom. The number of carbonyl (C=O) groups is 4. The lowest BCUT2D eigenvalue weighted by Gasteiger charge is -2.33. The molecule has 0 fully saturated rings. The Hall–Kier alpha value is -3.34. The fraction of sp³-hybridized carbons (Fsp3) is 0.655. The molecule has 0 bridgehead atoms. The van der Waals surface area contributed by atoms with Crippen LogP contribution in [0, 0.1) is 11.8 Å². The summed E-state index contributed by atoms with van der Waals surface area (Å²) >= 11 is 0. The fourth-order valence-electron chi connectivity index (χ4n) is 3.38. The van der Waals surface area contributed by atoms with Gasteiger partial charge in [0, 0.05) is 18.9 Å². The van der Waals surface area contributed by atoms with Crippen LogP contribution in [0.15, 0.2) is 18.2 Å². The number of benzene rings is 1. The van der Waals surface area contributed by atoms with E-state index >= 15 is 0 Å². The molecule has 0 spiro atoms. The van der Waals surface area contributed by atoms with Crippen molar-refractivity contribution in [1.29, 1.82) is 0 Å². The number of carbonyl (C=O) groups excluding carboxylic acids is 3. The molecule has 0 aliphatic rings. The predicted molar refractivity (Wildman–Crippen MR) is 147 cm³/mol. The van der Waals surface area contributed by atoms with Crippen LogP contribution >= 0.6 is 0 Å². The van der Waals surface area contributed by atoms with E-state index in [1.54, 1.807) is 6.92 Å². The van der Waals surface area contributed by atoms with Crippen molar-refractivity contribution in [2.24, 2.45) is 11.8 Å². The minimum atomic E-state index is -2.09. The smallest absolute Gasteiger partial charge is 0.477 e. The van der Waals surface area contributed by atoms with Crippen LogP contribution in [0.1, 0.15) is 86.1 Å². The first kappa shape index (κ1) is 34.7. The summed E-state index contributed by atoms with van der Waals surface area (Å²) < 4.78 is 26.3. The first-order chi connectivity index (χ1) is 18.8. The minimum absolute atomic E-state index is 0.0513.